The van der Waals surface area contributed by atoms with E-state index in [1.165, 1.54) is 40.7 Å². The summed E-state index contributed by atoms with van der Waals surface area (Å²) in [5, 5.41) is 0. The molecule has 0 heterocycles. The quantitative estimate of drug-likeness (QED) is 0.329. The molecule has 44 heavy (non-hydrogen) atoms. The molecule has 3 aromatic carbocycles. The van der Waals surface area contributed by atoms with Gasteiger partial charge in [0.15, 0.2) is 0 Å². The first-order valence-electron chi connectivity index (χ1n) is 16.1. The zero-order valence-electron chi connectivity index (χ0n) is 28.8. The van der Waals surface area contributed by atoms with Gasteiger partial charge in [-0.05, 0) is 0 Å². The predicted octanol–water partition coefficient (Wildman–Crippen LogP) is 5.50. The Kier molecular flexibility index (Phi) is 11.5. The van der Waals surface area contributed by atoms with Gasteiger partial charge in [0.05, 0.1) is 0 Å². The smallest absolute Gasteiger partial charge is 1.00 e. The molecule has 5 rings (SSSR count). The van der Waals surface area contributed by atoms with Gasteiger partial charge in [-0.3, -0.25) is 0 Å². The minimum atomic E-state index is -2.61. The maximum atomic E-state index is 2.69. The van der Waals surface area contributed by atoms with E-state index in [1.54, 1.807) is 23.2 Å². The molecule has 0 spiro atoms. The normalized spacial score (nSPS) is 16.7. The number of benzene rings is 3. The first kappa shape index (κ1) is 36.9. The van der Waals surface area contributed by atoms with Crippen LogP contribution in [0.15, 0.2) is 87.7 Å². The van der Waals surface area contributed by atoms with Crippen molar-refractivity contribution in [2.75, 3.05) is 0 Å². The summed E-state index contributed by atoms with van der Waals surface area (Å²) in [4.78, 5) is 0. The number of rotatable bonds is 5. The molecule has 0 bridgehead atoms. The average Bonchev–Trinajstić information content (AvgIpc) is 3.48. The van der Waals surface area contributed by atoms with Gasteiger partial charge in [0.25, 0.3) is 0 Å². The molecule has 234 valence electrons. The van der Waals surface area contributed by atoms with Gasteiger partial charge in [0, 0.05) is 0 Å². The predicted molar refractivity (Wildman–Crippen MR) is 181 cm³/mol. The molecule has 0 amide bonds. The Labute approximate surface area is 288 Å². The third-order valence-corrected chi connectivity index (χ3v) is 18.0. The van der Waals surface area contributed by atoms with E-state index in [4.69, 9.17) is 0 Å². The summed E-state index contributed by atoms with van der Waals surface area (Å²) in [6, 6.07) is 26.3. The SMILES string of the molecule is CCCC1C=C(C(C)(C)C)C=[C]1/[Zr+2](=[C](\C)c1ccccc1)[CH]1c2cc(C(C)(C)C)ccc2-c2ccc(C(C)(C)C)cc21.[Cl-].[Cl-]. The van der Waals surface area contributed by atoms with Crippen LogP contribution < -0.4 is 24.8 Å². The van der Waals surface area contributed by atoms with Crippen molar-refractivity contribution in [2.24, 2.45) is 11.3 Å². The number of hydrogen-bond donors (Lipinski definition) is 0. The monoisotopic (exact) mass is 704 g/mol. The molecule has 0 nitrogen and oxygen atoms in total. The molecule has 2 aliphatic rings. The van der Waals surface area contributed by atoms with Crippen LogP contribution in [0.4, 0.5) is 0 Å². The van der Waals surface area contributed by atoms with Crippen molar-refractivity contribution in [2.45, 2.75) is 103 Å². The standard InChI is InChI=1S/C21H25.C12H19.C8H8.2ClH.Zr/c1-20(2,3)16-7-9-18-14(12-16)11-15-13-17(21(4,5)6)8-10-19(15)18;1-5-6-10-7-8-11(9-10)12(2,3)4;1-2-8-6-4-3-5-7-8;;;/h7-13H,1-6H3;8-10H,5-6H2,1-4H3;3-7H,1H3;2*1H;/q;;;;;+2/p-2. The summed E-state index contributed by atoms with van der Waals surface area (Å²) >= 11 is -2.61. The van der Waals surface area contributed by atoms with Gasteiger partial charge in [-0.15, -0.1) is 0 Å². The minimum absolute atomic E-state index is 0. The zero-order chi connectivity index (χ0) is 30.6. The van der Waals surface area contributed by atoms with E-state index in [0.29, 0.717) is 9.54 Å². The fraction of sp³-hybridized carbons (Fsp3) is 0.439. The molecule has 0 fully saturated rings. The van der Waals surface area contributed by atoms with Crippen LogP contribution in [-0.2, 0) is 32.1 Å². The average molecular weight is 707 g/mol. The molecule has 2 aliphatic carbocycles. The van der Waals surface area contributed by atoms with Crippen LogP contribution in [0.25, 0.3) is 11.1 Å². The van der Waals surface area contributed by atoms with E-state index in [-0.39, 0.29) is 41.1 Å². The van der Waals surface area contributed by atoms with Crippen molar-refractivity contribution < 1.29 is 46.1 Å². The second-order valence-electron chi connectivity index (χ2n) is 15.8. The second-order valence-corrected chi connectivity index (χ2v) is 22.5. The van der Waals surface area contributed by atoms with Gasteiger partial charge in [-0.25, -0.2) is 0 Å². The molecule has 0 N–H and O–H groups in total. The van der Waals surface area contributed by atoms with E-state index in [9.17, 15) is 0 Å². The minimum Gasteiger partial charge on any atom is -1.00 e. The van der Waals surface area contributed by atoms with Crippen LogP contribution in [0, 0.1) is 11.3 Å². The van der Waals surface area contributed by atoms with Crippen LogP contribution in [0.5, 0.6) is 0 Å². The fourth-order valence-electron chi connectivity index (χ4n) is 6.87. The molecule has 1 unspecified atom stereocenters. The van der Waals surface area contributed by atoms with Crippen LogP contribution >= 0.6 is 0 Å². The summed E-state index contributed by atoms with van der Waals surface area (Å²) in [6.07, 6.45) is 7.82. The molecule has 0 saturated heterocycles. The Bertz CT molecular complexity index is 1520. The second kappa shape index (κ2) is 13.7. The van der Waals surface area contributed by atoms with Gasteiger partial charge in [-0.2, -0.15) is 0 Å². The first-order valence-corrected chi connectivity index (χ1v) is 20.0. The molecule has 0 saturated carbocycles. The van der Waals surface area contributed by atoms with E-state index in [0.717, 1.165) is 0 Å². The van der Waals surface area contributed by atoms with Crippen molar-refractivity contribution in [1.29, 1.82) is 0 Å². The van der Waals surface area contributed by atoms with Crippen LogP contribution in [0.1, 0.15) is 120 Å². The molecule has 3 heteroatoms. The molecule has 3 aromatic rings. The molecule has 1 atom stereocenters. The molecule has 0 radical (unpaired) electrons. The van der Waals surface area contributed by atoms with Gasteiger partial charge in [0.1, 0.15) is 0 Å². The molecular weight excluding hydrogens is 655 g/mol. The fourth-order valence-corrected chi connectivity index (χ4v) is 16.0. The summed E-state index contributed by atoms with van der Waals surface area (Å²) in [6.45, 7) is 26.2. The third kappa shape index (κ3) is 7.22. The number of hydrogen-bond acceptors (Lipinski definition) is 0. The van der Waals surface area contributed by atoms with E-state index in [2.05, 4.69) is 155 Å². The van der Waals surface area contributed by atoms with E-state index in [1.807, 2.05) is 0 Å². The van der Waals surface area contributed by atoms with Gasteiger partial charge in [-0.1, -0.05) is 0 Å². The Hall–Kier alpha value is -1.53. The first-order chi connectivity index (χ1) is 19.6. The van der Waals surface area contributed by atoms with Crippen molar-refractivity contribution in [3.05, 3.63) is 116 Å². The molecule has 0 aliphatic heterocycles. The zero-order valence-corrected chi connectivity index (χ0v) is 32.8. The summed E-state index contributed by atoms with van der Waals surface area (Å²) in [7, 11) is 0. The Morgan fingerprint density at radius 1 is 0.682 bits per heavy atom. The largest absolute Gasteiger partial charge is 1.00 e. The van der Waals surface area contributed by atoms with Crippen molar-refractivity contribution in [3.8, 4) is 11.1 Å². The van der Waals surface area contributed by atoms with Crippen molar-refractivity contribution in [1.82, 2.24) is 0 Å². The molecular formula is C41H52Cl2Zr. The number of fused-ring (bicyclic) bond motifs is 3. The Balaban J connectivity index is 0.00000264. The number of allylic oxidation sites excluding steroid dienone is 4. The third-order valence-electron chi connectivity index (χ3n) is 9.51. The maximum absolute atomic E-state index is 2.69. The van der Waals surface area contributed by atoms with Crippen LogP contribution in [0.3, 0.4) is 0 Å². The van der Waals surface area contributed by atoms with Gasteiger partial charge < -0.3 is 24.8 Å². The van der Waals surface area contributed by atoms with Gasteiger partial charge >= 0.3 is 266 Å². The molecule has 0 aromatic heterocycles. The Morgan fingerprint density at radius 2 is 1.18 bits per heavy atom. The Morgan fingerprint density at radius 3 is 1.61 bits per heavy atom. The van der Waals surface area contributed by atoms with Crippen molar-refractivity contribution >= 4 is 3.21 Å². The van der Waals surface area contributed by atoms with E-state index < -0.39 is 21.3 Å². The summed E-state index contributed by atoms with van der Waals surface area (Å²) in [5.41, 5.74) is 12.4. The van der Waals surface area contributed by atoms with Crippen LogP contribution in [0.2, 0.25) is 0 Å². The van der Waals surface area contributed by atoms with E-state index >= 15 is 0 Å². The topological polar surface area (TPSA) is 0 Å². The van der Waals surface area contributed by atoms with Crippen LogP contribution in [-0.4, -0.2) is 3.21 Å². The summed E-state index contributed by atoms with van der Waals surface area (Å²) < 4.78 is 3.96. The van der Waals surface area contributed by atoms with Crippen molar-refractivity contribution in [3.63, 3.8) is 0 Å². The maximum Gasteiger partial charge on any atom is -1.00 e. The summed E-state index contributed by atoms with van der Waals surface area (Å²) in [5.74, 6) is 0.557. The van der Waals surface area contributed by atoms with Gasteiger partial charge in [0.2, 0.25) is 0 Å². The number of halogens is 2.